The normalized spacial score (nSPS) is 13.6. The summed E-state index contributed by atoms with van der Waals surface area (Å²) in [5.74, 6) is 0.841. The van der Waals surface area contributed by atoms with Gasteiger partial charge in [0.05, 0.1) is 31.2 Å². The summed E-state index contributed by atoms with van der Waals surface area (Å²) in [6.07, 6.45) is 1.63. The quantitative estimate of drug-likeness (QED) is 0.873. The summed E-state index contributed by atoms with van der Waals surface area (Å²) in [5, 5.41) is 0. The molecular weight excluding hydrogens is 270 g/mol. The average Bonchev–Trinajstić information content (AvgIpc) is 2.99. The van der Waals surface area contributed by atoms with E-state index < -0.39 is 0 Å². The summed E-state index contributed by atoms with van der Waals surface area (Å²) in [7, 11) is 1.35. The van der Waals surface area contributed by atoms with Gasteiger partial charge >= 0.3 is 5.97 Å². The van der Waals surface area contributed by atoms with E-state index in [-0.39, 0.29) is 5.97 Å². The maximum Gasteiger partial charge on any atom is 0.337 e. The van der Waals surface area contributed by atoms with E-state index >= 15 is 0 Å². The molecule has 1 aliphatic rings. The standard InChI is InChI=1S/C15H15N3O3/c1-20-14(19)10-4-5-11-8-18(9-12-3-2-6-21-12)15(16)17-13(11)7-10/h2-7H,8-9H2,1H3,(H2,16,17). The van der Waals surface area contributed by atoms with Gasteiger partial charge in [-0.2, -0.15) is 0 Å². The lowest BCUT2D eigenvalue weighted by Gasteiger charge is -2.27. The molecule has 2 heterocycles. The molecule has 108 valence electrons. The fourth-order valence-corrected chi connectivity index (χ4v) is 2.25. The fraction of sp³-hybridized carbons (Fsp3) is 0.200. The summed E-state index contributed by atoms with van der Waals surface area (Å²) in [6, 6.07) is 9.02. The highest BCUT2D eigenvalue weighted by atomic mass is 16.5. The Kier molecular flexibility index (Phi) is 3.35. The zero-order valence-corrected chi connectivity index (χ0v) is 11.6. The molecule has 0 atom stereocenters. The first-order valence-electron chi connectivity index (χ1n) is 6.50. The lowest BCUT2D eigenvalue weighted by atomic mass is 10.1. The van der Waals surface area contributed by atoms with Crippen LogP contribution in [0.3, 0.4) is 0 Å². The Morgan fingerprint density at radius 2 is 2.33 bits per heavy atom. The van der Waals surface area contributed by atoms with Gasteiger partial charge in [-0.1, -0.05) is 6.07 Å². The van der Waals surface area contributed by atoms with Crippen molar-refractivity contribution >= 4 is 17.6 Å². The second kappa shape index (κ2) is 5.32. The topological polar surface area (TPSA) is 81.1 Å². The number of nitrogens with zero attached hydrogens (tertiary/aromatic N) is 2. The zero-order valence-electron chi connectivity index (χ0n) is 11.6. The monoisotopic (exact) mass is 285 g/mol. The Morgan fingerprint density at radius 1 is 1.48 bits per heavy atom. The Hall–Kier alpha value is -2.76. The van der Waals surface area contributed by atoms with Crippen LogP contribution in [0.25, 0.3) is 0 Å². The lowest BCUT2D eigenvalue weighted by molar-refractivity contribution is 0.0600. The number of nitrogens with two attached hydrogens (primary N) is 1. The number of methoxy groups -OCH3 is 1. The van der Waals surface area contributed by atoms with Crippen LogP contribution in [-0.2, 0) is 17.8 Å². The molecule has 0 aliphatic carbocycles. The molecule has 2 N–H and O–H groups in total. The number of esters is 1. The second-order valence-electron chi connectivity index (χ2n) is 4.74. The van der Waals surface area contributed by atoms with E-state index in [1.54, 1.807) is 18.4 Å². The van der Waals surface area contributed by atoms with Gasteiger partial charge in [0, 0.05) is 6.54 Å². The highest BCUT2D eigenvalue weighted by Gasteiger charge is 2.20. The van der Waals surface area contributed by atoms with Gasteiger partial charge in [0.1, 0.15) is 5.76 Å². The minimum Gasteiger partial charge on any atom is -0.467 e. The molecular formula is C15H15N3O3. The first kappa shape index (κ1) is 13.2. The lowest BCUT2D eigenvalue weighted by Crippen LogP contribution is -2.38. The maximum absolute atomic E-state index is 11.5. The molecule has 2 aromatic rings. The highest BCUT2D eigenvalue weighted by molar-refractivity contribution is 5.92. The molecule has 0 amide bonds. The van der Waals surface area contributed by atoms with E-state index in [2.05, 4.69) is 4.99 Å². The number of rotatable bonds is 3. The van der Waals surface area contributed by atoms with Crippen LogP contribution in [-0.4, -0.2) is 23.9 Å². The van der Waals surface area contributed by atoms with Gasteiger partial charge in [0.25, 0.3) is 0 Å². The predicted octanol–water partition coefficient (Wildman–Crippen LogP) is 2.03. The number of fused-ring (bicyclic) bond motifs is 1. The molecule has 0 unspecified atom stereocenters. The van der Waals surface area contributed by atoms with E-state index in [1.807, 2.05) is 23.1 Å². The van der Waals surface area contributed by atoms with Gasteiger partial charge in [0.2, 0.25) is 0 Å². The van der Waals surface area contributed by atoms with Gasteiger partial charge in [-0.25, -0.2) is 9.79 Å². The average molecular weight is 285 g/mol. The molecule has 0 fully saturated rings. The molecule has 0 bridgehead atoms. The predicted molar refractivity (Wildman–Crippen MR) is 77.0 cm³/mol. The first-order valence-corrected chi connectivity index (χ1v) is 6.50. The van der Waals surface area contributed by atoms with Crippen molar-refractivity contribution in [3.63, 3.8) is 0 Å². The molecule has 0 saturated heterocycles. The smallest absolute Gasteiger partial charge is 0.337 e. The largest absolute Gasteiger partial charge is 0.467 e. The van der Waals surface area contributed by atoms with Crippen LogP contribution in [0.5, 0.6) is 0 Å². The molecule has 1 aromatic carbocycles. The van der Waals surface area contributed by atoms with Crippen LogP contribution < -0.4 is 5.73 Å². The van der Waals surface area contributed by atoms with Gasteiger partial charge in [-0.05, 0) is 29.8 Å². The van der Waals surface area contributed by atoms with Gasteiger partial charge in [0.15, 0.2) is 5.96 Å². The summed E-state index contributed by atoms with van der Waals surface area (Å²) in [5.41, 5.74) is 8.16. The number of hydrogen-bond acceptors (Lipinski definition) is 6. The van der Waals surface area contributed by atoms with Crippen LogP contribution in [0.15, 0.2) is 46.0 Å². The number of guanidine groups is 1. The molecule has 0 saturated carbocycles. The molecule has 6 nitrogen and oxygen atoms in total. The molecule has 1 aliphatic heterocycles. The van der Waals surface area contributed by atoms with Crippen LogP contribution in [0, 0.1) is 0 Å². The summed E-state index contributed by atoms with van der Waals surface area (Å²) < 4.78 is 10.0. The van der Waals surface area contributed by atoms with Crippen LogP contribution >= 0.6 is 0 Å². The van der Waals surface area contributed by atoms with Crippen molar-refractivity contribution in [2.45, 2.75) is 13.1 Å². The zero-order chi connectivity index (χ0) is 14.8. The molecule has 1 aromatic heterocycles. The minimum atomic E-state index is -0.385. The van der Waals surface area contributed by atoms with Crippen molar-refractivity contribution < 1.29 is 13.9 Å². The van der Waals surface area contributed by atoms with E-state index in [0.717, 1.165) is 11.3 Å². The Labute approximate surface area is 121 Å². The SMILES string of the molecule is COC(=O)c1ccc2c(c1)N=C(N)N(Cc1ccco1)C2. The van der Waals surface area contributed by atoms with E-state index in [1.165, 1.54) is 7.11 Å². The third kappa shape index (κ3) is 2.60. The van der Waals surface area contributed by atoms with Crippen LogP contribution in [0.4, 0.5) is 5.69 Å². The maximum atomic E-state index is 11.5. The van der Waals surface area contributed by atoms with Gasteiger partial charge < -0.3 is 19.8 Å². The Bertz CT molecular complexity index is 692. The number of benzene rings is 1. The number of ether oxygens (including phenoxy) is 1. The van der Waals surface area contributed by atoms with E-state index in [0.29, 0.717) is 30.3 Å². The molecule has 0 spiro atoms. The van der Waals surface area contributed by atoms with Crippen molar-refractivity contribution in [2.24, 2.45) is 10.7 Å². The van der Waals surface area contributed by atoms with Gasteiger partial charge in [-0.15, -0.1) is 0 Å². The van der Waals surface area contributed by atoms with E-state index in [4.69, 9.17) is 14.9 Å². The van der Waals surface area contributed by atoms with Crippen molar-refractivity contribution in [2.75, 3.05) is 7.11 Å². The fourth-order valence-electron chi connectivity index (χ4n) is 2.25. The van der Waals surface area contributed by atoms with Crippen LogP contribution in [0.1, 0.15) is 21.7 Å². The molecule has 21 heavy (non-hydrogen) atoms. The van der Waals surface area contributed by atoms with Gasteiger partial charge in [-0.3, -0.25) is 0 Å². The van der Waals surface area contributed by atoms with Crippen LogP contribution in [0.2, 0.25) is 0 Å². The minimum absolute atomic E-state index is 0.385. The number of hydrogen-bond donors (Lipinski definition) is 1. The number of furan rings is 1. The highest BCUT2D eigenvalue weighted by Crippen LogP contribution is 2.27. The Balaban J connectivity index is 1.86. The summed E-state index contributed by atoms with van der Waals surface area (Å²) in [6.45, 7) is 1.17. The first-order chi connectivity index (χ1) is 10.2. The van der Waals surface area contributed by atoms with Crippen molar-refractivity contribution in [1.82, 2.24) is 4.90 Å². The Morgan fingerprint density at radius 3 is 3.05 bits per heavy atom. The third-order valence-corrected chi connectivity index (χ3v) is 3.35. The summed E-state index contributed by atoms with van der Waals surface area (Å²) in [4.78, 5) is 17.8. The second-order valence-corrected chi connectivity index (χ2v) is 4.74. The molecule has 6 heteroatoms. The third-order valence-electron chi connectivity index (χ3n) is 3.35. The summed E-state index contributed by atoms with van der Waals surface area (Å²) >= 11 is 0. The van der Waals surface area contributed by atoms with Crippen molar-refractivity contribution in [1.29, 1.82) is 0 Å². The molecule has 0 radical (unpaired) electrons. The number of carbonyl (C=O) groups excluding carboxylic acids is 1. The number of carbonyl (C=O) groups is 1. The number of aliphatic imine (C=N–C) groups is 1. The van der Waals surface area contributed by atoms with Crippen molar-refractivity contribution in [3.8, 4) is 0 Å². The van der Waals surface area contributed by atoms with Crippen molar-refractivity contribution in [3.05, 3.63) is 53.5 Å². The molecule has 3 rings (SSSR count). The van der Waals surface area contributed by atoms with E-state index in [9.17, 15) is 4.79 Å².